The lowest BCUT2D eigenvalue weighted by Gasteiger charge is -2.32. The second-order valence-electron chi connectivity index (χ2n) is 3.30. The van der Waals surface area contributed by atoms with E-state index in [2.05, 4.69) is 0 Å². The standard InChI is InChI=1S/C8H10F6O2S/c1-5(15)17-4-2-3-6(16,7(9,10)11)8(12,13)14/h16H,2-4H2,1H3. The molecule has 9 heteroatoms. The first-order valence-corrected chi connectivity index (χ1v) is 5.39. The molecular formula is C8H10F6O2S. The van der Waals surface area contributed by atoms with E-state index in [-0.39, 0.29) is 5.75 Å². The smallest absolute Gasteiger partial charge is 0.374 e. The van der Waals surface area contributed by atoms with Crippen molar-refractivity contribution in [3.05, 3.63) is 0 Å². The maximum atomic E-state index is 12.1. The van der Waals surface area contributed by atoms with Crippen molar-refractivity contribution in [2.45, 2.75) is 37.7 Å². The van der Waals surface area contributed by atoms with Gasteiger partial charge in [-0.2, -0.15) is 26.3 Å². The number of halogens is 6. The molecule has 0 aromatic carbocycles. The van der Waals surface area contributed by atoms with Gasteiger partial charge in [0.25, 0.3) is 5.60 Å². The number of carbonyl (C=O) groups excluding carboxylic acids is 1. The van der Waals surface area contributed by atoms with E-state index in [0.717, 1.165) is 6.92 Å². The highest BCUT2D eigenvalue weighted by Crippen LogP contribution is 2.45. The van der Waals surface area contributed by atoms with E-state index in [9.17, 15) is 31.1 Å². The van der Waals surface area contributed by atoms with E-state index < -0.39 is 35.9 Å². The van der Waals surface area contributed by atoms with Gasteiger partial charge in [0.1, 0.15) is 0 Å². The van der Waals surface area contributed by atoms with Crippen LogP contribution in [0.4, 0.5) is 26.3 Å². The van der Waals surface area contributed by atoms with Crippen LogP contribution in [0.15, 0.2) is 0 Å². The first-order chi connectivity index (χ1) is 7.42. The van der Waals surface area contributed by atoms with Crippen LogP contribution in [0.5, 0.6) is 0 Å². The Kier molecular flexibility index (Phi) is 5.33. The molecule has 0 atom stereocenters. The van der Waals surface area contributed by atoms with Crippen molar-refractivity contribution in [1.82, 2.24) is 0 Å². The number of rotatable bonds is 4. The topological polar surface area (TPSA) is 37.3 Å². The fourth-order valence-electron chi connectivity index (χ4n) is 0.988. The highest BCUT2D eigenvalue weighted by atomic mass is 32.2. The lowest BCUT2D eigenvalue weighted by atomic mass is 9.97. The summed E-state index contributed by atoms with van der Waals surface area (Å²) in [5, 5.41) is 8.30. The monoisotopic (exact) mass is 284 g/mol. The second kappa shape index (κ2) is 5.47. The maximum Gasteiger partial charge on any atom is 0.426 e. The molecule has 0 bridgehead atoms. The normalized spacial score (nSPS) is 13.9. The minimum absolute atomic E-state index is 0.205. The van der Waals surface area contributed by atoms with Crippen molar-refractivity contribution in [3.63, 3.8) is 0 Å². The van der Waals surface area contributed by atoms with Crippen LogP contribution in [-0.2, 0) is 4.79 Å². The van der Waals surface area contributed by atoms with Gasteiger partial charge in [-0.1, -0.05) is 11.8 Å². The summed E-state index contributed by atoms with van der Waals surface area (Å²) in [6.07, 6.45) is -13.7. The second-order valence-corrected chi connectivity index (χ2v) is 4.57. The summed E-state index contributed by atoms with van der Waals surface area (Å²) in [7, 11) is 0. The molecule has 1 N–H and O–H groups in total. The molecular weight excluding hydrogens is 274 g/mol. The summed E-state index contributed by atoms with van der Waals surface area (Å²) < 4.78 is 72.9. The minimum Gasteiger partial charge on any atom is -0.374 e. The van der Waals surface area contributed by atoms with Gasteiger partial charge < -0.3 is 5.11 Å². The number of hydrogen-bond acceptors (Lipinski definition) is 3. The summed E-state index contributed by atoms with van der Waals surface area (Å²) in [5.41, 5.74) is -4.71. The van der Waals surface area contributed by atoms with Crippen LogP contribution in [-0.4, -0.2) is 33.9 Å². The predicted octanol–water partition coefficient (Wildman–Crippen LogP) is 2.90. The first-order valence-electron chi connectivity index (χ1n) is 4.41. The zero-order valence-electron chi connectivity index (χ0n) is 8.65. The lowest BCUT2D eigenvalue weighted by molar-refractivity contribution is -0.369. The van der Waals surface area contributed by atoms with Gasteiger partial charge in [-0.3, -0.25) is 4.79 Å². The maximum absolute atomic E-state index is 12.1. The number of hydrogen-bond donors (Lipinski definition) is 1. The zero-order chi connectivity index (χ0) is 13.9. The molecule has 0 amide bonds. The largest absolute Gasteiger partial charge is 0.426 e. The van der Waals surface area contributed by atoms with Crippen LogP contribution in [0, 0.1) is 0 Å². The molecule has 0 fully saturated rings. The first kappa shape index (κ1) is 16.6. The SMILES string of the molecule is CC(=O)SCCCC(O)(C(F)(F)F)C(F)(F)F. The molecule has 0 radical (unpaired) electrons. The van der Waals surface area contributed by atoms with E-state index >= 15 is 0 Å². The number of thioether (sulfide) groups is 1. The molecule has 0 aliphatic carbocycles. The molecule has 0 saturated carbocycles. The Labute approximate surface area is 97.4 Å². The quantitative estimate of drug-likeness (QED) is 0.637. The van der Waals surface area contributed by atoms with Crippen LogP contribution in [0.2, 0.25) is 0 Å². The van der Waals surface area contributed by atoms with Gasteiger partial charge in [0, 0.05) is 12.7 Å². The Morgan fingerprint density at radius 3 is 1.82 bits per heavy atom. The van der Waals surface area contributed by atoms with E-state index in [0.29, 0.717) is 11.8 Å². The molecule has 0 saturated heterocycles. The van der Waals surface area contributed by atoms with Gasteiger partial charge >= 0.3 is 12.4 Å². The highest BCUT2D eigenvalue weighted by Gasteiger charge is 2.69. The van der Waals surface area contributed by atoms with Crippen molar-refractivity contribution in [2.24, 2.45) is 0 Å². The van der Waals surface area contributed by atoms with Crippen molar-refractivity contribution in [2.75, 3.05) is 5.75 Å². The third-order valence-corrected chi connectivity index (χ3v) is 2.83. The van der Waals surface area contributed by atoms with Crippen molar-refractivity contribution >= 4 is 16.9 Å². The third kappa shape index (κ3) is 4.38. The van der Waals surface area contributed by atoms with E-state index in [1.165, 1.54) is 0 Å². The molecule has 0 aromatic rings. The fourth-order valence-corrected chi connectivity index (χ4v) is 1.56. The lowest BCUT2D eigenvalue weighted by Crippen LogP contribution is -2.56. The van der Waals surface area contributed by atoms with Crippen LogP contribution in [0.25, 0.3) is 0 Å². The number of aliphatic hydroxyl groups is 1. The molecule has 102 valence electrons. The zero-order valence-corrected chi connectivity index (χ0v) is 9.47. The average molecular weight is 284 g/mol. The highest BCUT2D eigenvalue weighted by molar-refractivity contribution is 8.13. The Morgan fingerprint density at radius 1 is 1.12 bits per heavy atom. The van der Waals surface area contributed by atoms with Gasteiger partial charge in [0.15, 0.2) is 5.12 Å². The molecule has 0 aromatic heterocycles. The van der Waals surface area contributed by atoms with Gasteiger partial charge in [0.05, 0.1) is 0 Å². The van der Waals surface area contributed by atoms with Crippen molar-refractivity contribution in [1.29, 1.82) is 0 Å². The summed E-state index contributed by atoms with van der Waals surface area (Å²) in [4.78, 5) is 10.4. The van der Waals surface area contributed by atoms with Crippen molar-refractivity contribution < 1.29 is 36.2 Å². The molecule has 0 unspecified atom stereocenters. The van der Waals surface area contributed by atoms with Crippen molar-refractivity contribution in [3.8, 4) is 0 Å². The summed E-state index contributed by atoms with van der Waals surface area (Å²) >= 11 is 0.609. The van der Waals surface area contributed by atoms with E-state index in [1.54, 1.807) is 0 Å². The minimum atomic E-state index is -5.79. The summed E-state index contributed by atoms with van der Waals surface area (Å²) in [5.74, 6) is -0.205. The Morgan fingerprint density at radius 2 is 1.53 bits per heavy atom. The van der Waals surface area contributed by atoms with E-state index in [1.807, 2.05) is 0 Å². The Bertz CT molecular complexity index is 258. The van der Waals surface area contributed by atoms with Crippen LogP contribution in [0.3, 0.4) is 0 Å². The van der Waals surface area contributed by atoms with Gasteiger partial charge in [-0.15, -0.1) is 0 Å². The summed E-state index contributed by atoms with van der Waals surface area (Å²) in [6.45, 7) is 1.14. The van der Waals surface area contributed by atoms with Gasteiger partial charge in [0.2, 0.25) is 0 Å². The molecule has 2 nitrogen and oxygen atoms in total. The Balaban J connectivity index is 4.59. The van der Waals surface area contributed by atoms with Gasteiger partial charge in [-0.05, 0) is 12.8 Å². The Hall–Kier alpha value is -0.440. The number of alkyl halides is 6. The molecule has 17 heavy (non-hydrogen) atoms. The molecule has 0 aliphatic heterocycles. The van der Waals surface area contributed by atoms with Crippen LogP contribution < -0.4 is 0 Å². The fraction of sp³-hybridized carbons (Fsp3) is 0.875. The third-order valence-electron chi connectivity index (χ3n) is 1.93. The summed E-state index contributed by atoms with van der Waals surface area (Å²) in [6, 6.07) is 0. The molecule has 0 rings (SSSR count). The molecule has 0 aliphatic rings. The predicted molar refractivity (Wildman–Crippen MR) is 49.4 cm³/mol. The number of carbonyl (C=O) groups is 1. The average Bonchev–Trinajstić information content (AvgIpc) is 2.07. The van der Waals surface area contributed by atoms with Crippen LogP contribution >= 0.6 is 11.8 Å². The van der Waals surface area contributed by atoms with E-state index in [4.69, 9.17) is 5.11 Å². The van der Waals surface area contributed by atoms with Crippen LogP contribution in [0.1, 0.15) is 19.8 Å². The molecule has 0 heterocycles. The molecule has 0 spiro atoms. The van der Waals surface area contributed by atoms with Gasteiger partial charge in [-0.25, -0.2) is 0 Å².